The Kier molecular flexibility index (Phi) is 7.56. The van der Waals surface area contributed by atoms with Crippen LogP contribution in [0.1, 0.15) is 18.7 Å². The van der Waals surface area contributed by atoms with Crippen molar-refractivity contribution in [1.29, 1.82) is 0 Å². The molecule has 3 heterocycles. The van der Waals surface area contributed by atoms with Gasteiger partial charge in [0.15, 0.2) is 17.5 Å². The smallest absolute Gasteiger partial charge is 0.164 e. The van der Waals surface area contributed by atoms with Crippen LogP contribution in [0.5, 0.6) is 0 Å². The van der Waals surface area contributed by atoms with Crippen molar-refractivity contribution in [1.82, 2.24) is 24.1 Å². The lowest BCUT2D eigenvalue weighted by Crippen LogP contribution is -2.03. The molecule has 5 nitrogen and oxygen atoms in total. The molecule has 0 saturated heterocycles. The molecule has 0 spiro atoms. The number of para-hydroxylation sites is 3. The van der Waals surface area contributed by atoms with Gasteiger partial charge in [-0.2, -0.15) is 0 Å². The maximum atomic E-state index is 4.99. The molecule has 0 bridgehead atoms. The largest absolute Gasteiger partial charge is 0.309 e. The van der Waals surface area contributed by atoms with Crippen LogP contribution in [0.25, 0.3) is 94.5 Å². The van der Waals surface area contributed by atoms with E-state index in [9.17, 15) is 0 Å². The number of nitrogens with zero attached hydrogens (tertiary/aromatic N) is 5. The van der Waals surface area contributed by atoms with E-state index >= 15 is 0 Å². The van der Waals surface area contributed by atoms with Gasteiger partial charge in [0, 0.05) is 44.0 Å². The first kappa shape index (κ1) is 32.1. The van der Waals surface area contributed by atoms with E-state index in [4.69, 9.17) is 15.0 Å². The molecule has 0 amide bonds. The third kappa shape index (κ3) is 5.28. The van der Waals surface area contributed by atoms with Crippen LogP contribution in [-0.4, -0.2) is 24.1 Å². The number of rotatable bonds is 6. The third-order valence-electron chi connectivity index (χ3n) is 11.0. The Morgan fingerprint density at radius 2 is 0.911 bits per heavy atom. The van der Waals surface area contributed by atoms with Crippen LogP contribution < -0.4 is 0 Å². The summed E-state index contributed by atoms with van der Waals surface area (Å²) in [7, 11) is 0. The van der Waals surface area contributed by atoms with Gasteiger partial charge in [0.1, 0.15) is 0 Å². The minimum absolute atomic E-state index is 0.676. The summed E-state index contributed by atoms with van der Waals surface area (Å²) in [5, 5.41) is 5.04. The van der Waals surface area contributed by atoms with Crippen LogP contribution in [0.3, 0.4) is 0 Å². The fourth-order valence-electron chi connectivity index (χ4n) is 8.44. The summed E-state index contributed by atoms with van der Waals surface area (Å²) in [6.45, 7) is 0. The molecule has 3 aromatic heterocycles. The maximum absolute atomic E-state index is 4.99. The molecule has 0 aliphatic heterocycles. The molecule has 0 fully saturated rings. The van der Waals surface area contributed by atoms with Crippen molar-refractivity contribution in [2.24, 2.45) is 0 Å². The summed E-state index contributed by atoms with van der Waals surface area (Å²) < 4.78 is 4.81. The highest BCUT2D eigenvalue weighted by Gasteiger charge is 2.21. The molecule has 1 aliphatic carbocycles. The first-order chi connectivity index (χ1) is 27.8. The van der Waals surface area contributed by atoms with E-state index in [1.807, 2.05) is 18.2 Å². The van der Waals surface area contributed by atoms with Crippen molar-refractivity contribution in [2.75, 3.05) is 0 Å². The van der Waals surface area contributed by atoms with Gasteiger partial charge < -0.3 is 9.13 Å². The molecule has 0 atom stereocenters. The van der Waals surface area contributed by atoms with Gasteiger partial charge in [-0.05, 0) is 78.1 Å². The highest BCUT2D eigenvalue weighted by atomic mass is 15.0. The van der Waals surface area contributed by atoms with Crippen LogP contribution in [0, 0.1) is 0 Å². The zero-order valence-corrected chi connectivity index (χ0v) is 30.5. The van der Waals surface area contributed by atoms with Crippen molar-refractivity contribution >= 4 is 49.2 Å². The minimum Gasteiger partial charge on any atom is -0.309 e. The molecule has 0 saturated carbocycles. The molecular weight excluding hydrogens is 683 g/mol. The summed E-state index contributed by atoms with van der Waals surface area (Å²) in [5.74, 6) is 2.10. The van der Waals surface area contributed by atoms with E-state index < -0.39 is 0 Å². The van der Waals surface area contributed by atoms with Crippen molar-refractivity contribution in [2.45, 2.75) is 12.8 Å². The zero-order valence-electron chi connectivity index (χ0n) is 30.5. The molecular formula is C51H35N5. The lowest BCUT2D eigenvalue weighted by molar-refractivity contribution is 0.978. The first-order valence-corrected chi connectivity index (χ1v) is 19.2. The Labute approximate surface area is 324 Å². The molecule has 5 heteroatoms. The fraction of sp³-hybridized carbons (Fsp3) is 0.0392. The van der Waals surface area contributed by atoms with Crippen LogP contribution in [-0.2, 0) is 0 Å². The minimum atomic E-state index is 0.676. The first-order valence-electron chi connectivity index (χ1n) is 19.2. The SMILES string of the molecule is C1=CCCC(c2nc(-c3ccccc3)nc(-c3ccc(-c4cccc(-n5c6ccccc6c6c7c8ccccc8n(-c8ccccc8)c7ccc65)c4)cc3)n2)=C1. The molecule has 7 aromatic carbocycles. The van der Waals surface area contributed by atoms with Gasteiger partial charge in [0.05, 0.1) is 22.1 Å². The van der Waals surface area contributed by atoms with Crippen LogP contribution in [0.15, 0.2) is 188 Å². The van der Waals surface area contributed by atoms with Gasteiger partial charge >= 0.3 is 0 Å². The van der Waals surface area contributed by atoms with Gasteiger partial charge in [-0.1, -0.05) is 140 Å². The lowest BCUT2D eigenvalue weighted by atomic mass is 10.0. The quantitative estimate of drug-likeness (QED) is 0.172. The summed E-state index contributed by atoms with van der Waals surface area (Å²) in [4.78, 5) is 14.9. The summed E-state index contributed by atoms with van der Waals surface area (Å²) >= 11 is 0. The molecule has 1 aliphatic rings. The van der Waals surface area contributed by atoms with Crippen LogP contribution in [0.2, 0.25) is 0 Å². The summed E-state index contributed by atoms with van der Waals surface area (Å²) in [6.07, 6.45) is 8.30. The Morgan fingerprint density at radius 3 is 1.55 bits per heavy atom. The standard InChI is InChI=1S/C51H35N5/c1-4-15-35(16-5-1)49-52-50(36-17-6-2-7-18-36)54-51(53-49)37-29-27-34(28-30-37)38-19-14-22-40(33-38)56-44-26-13-11-24-42(44)48-46(56)32-31-45-47(48)41-23-10-12-25-43(41)55(45)39-20-8-3-9-21-39/h1-6,8-17,19-33H,7,18H2. The van der Waals surface area contributed by atoms with E-state index in [1.165, 1.54) is 43.6 Å². The van der Waals surface area contributed by atoms with E-state index in [1.54, 1.807) is 0 Å². The van der Waals surface area contributed by atoms with Crippen molar-refractivity contribution in [3.05, 3.63) is 194 Å². The molecule has 10 aromatic rings. The Bertz CT molecular complexity index is 3170. The highest BCUT2D eigenvalue weighted by Crippen LogP contribution is 2.42. The molecule has 264 valence electrons. The zero-order chi connectivity index (χ0) is 37.0. The van der Waals surface area contributed by atoms with Gasteiger partial charge in [-0.3, -0.25) is 0 Å². The van der Waals surface area contributed by atoms with Gasteiger partial charge in [0.25, 0.3) is 0 Å². The summed E-state index contributed by atoms with van der Waals surface area (Å²) in [5.41, 5.74) is 12.4. The molecule has 11 rings (SSSR count). The number of aromatic nitrogens is 5. The second-order valence-electron chi connectivity index (χ2n) is 14.4. The van der Waals surface area contributed by atoms with Crippen LogP contribution >= 0.6 is 0 Å². The average molecular weight is 718 g/mol. The third-order valence-corrected chi connectivity index (χ3v) is 11.0. The van der Waals surface area contributed by atoms with Gasteiger partial charge in [0.2, 0.25) is 0 Å². The van der Waals surface area contributed by atoms with Crippen molar-refractivity contribution in [3.63, 3.8) is 0 Å². The van der Waals surface area contributed by atoms with E-state index in [0.29, 0.717) is 11.6 Å². The highest BCUT2D eigenvalue weighted by molar-refractivity contribution is 6.28. The van der Waals surface area contributed by atoms with Gasteiger partial charge in [-0.15, -0.1) is 0 Å². The van der Waals surface area contributed by atoms with Crippen molar-refractivity contribution in [3.8, 4) is 45.3 Å². The molecule has 56 heavy (non-hydrogen) atoms. The number of fused-ring (bicyclic) bond motifs is 7. The van der Waals surface area contributed by atoms with Crippen molar-refractivity contribution < 1.29 is 0 Å². The van der Waals surface area contributed by atoms with Crippen LogP contribution in [0.4, 0.5) is 0 Å². The van der Waals surface area contributed by atoms with E-state index in [2.05, 4.69) is 179 Å². The topological polar surface area (TPSA) is 48.5 Å². The second kappa shape index (κ2) is 13.2. The molecule has 0 unspecified atom stereocenters. The average Bonchev–Trinajstić information content (AvgIpc) is 3.80. The molecule has 0 N–H and O–H groups in total. The fourth-order valence-corrected chi connectivity index (χ4v) is 8.44. The lowest BCUT2D eigenvalue weighted by Gasteiger charge is -2.12. The van der Waals surface area contributed by atoms with Gasteiger partial charge in [-0.25, -0.2) is 15.0 Å². The Balaban J connectivity index is 1.03. The number of benzene rings is 7. The second-order valence-corrected chi connectivity index (χ2v) is 14.4. The monoisotopic (exact) mass is 717 g/mol. The predicted octanol–water partition coefficient (Wildman–Crippen LogP) is 12.8. The number of hydrogen-bond acceptors (Lipinski definition) is 3. The Hall–Kier alpha value is -7.37. The summed E-state index contributed by atoms with van der Waals surface area (Å²) in [6, 6.07) is 60.5. The molecule has 0 radical (unpaired) electrons. The number of hydrogen-bond donors (Lipinski definition) is 0. The maximum Gasteiger partial charge on any atom is 0.164 e. The Morgan fingerprint density at radius 1 is 0.393 bits per heavy atom. The predicted molar refractivity (Wildman–Crippen MR) is 231 cm³/mol. The van der Waals surface area contributed by atoms with E-state index in [0.717, 1.165) is 57.9 Å². The normalized spacial score (nSPS) is 12.9. The van der Waals surface area contributed by atoms with E-state index in [-0.39, 0.29) is 0 Å². The number of allylic oxidation sites excluding steroid dienone is 4.